The molecule has 2 heterocycles. The quantitative estimate of drug-likeness (QED) is 0.424. The smallest absolute Gasteiger partial charge is 0.409 e. The van der Waals surface area contributed by atoms with E-state index in [1.807, 2.05) is 19.9 Å². The molecule has 0 aromatic heterocycles. The molecule has 2 amide bonds. The lowest BCUT2D eigenvalue weighted by Gasteiger charge is -2.41. The first-order valence-corrected chi connectivity index (χ1v) is 12.4. The maximum absolute atomic E-state index is 12.8. The average Bonchev–Trinajstić information content (AvgIpc) is 2.82. The standard InChI is InChI=1S/C27H35ClN2O7/c1-15-7-6-8-23(36-5)27(34)14-22(37-26(33)30-27)17(3)10-16(2)20(31)13-24(32)29-19-11-18(9-15)12-21(35-4)25(19)28/h6-8,10-12,17,20,22-23,31,34H,9,13-14H2,1-5H3,(H,29,32)(H,30,33)/b8-6+,15-7+,16-10+/t17-,20-,22-,23+,27-/m0/s1. The van der Waals surface area contributed by atoms with Crippen molar-refractivity contribution in [2.75, 3.05) is 19.5 Å². The number of fused-ring (bicyclic) bond motifs is 4. The number of hydrogen-bond acceptors (Lipinski definition) is 7. The molecule has 0 saturated carbocycles. The van der Waals surface area contributed by atoms with Crippen LogP contribution in [0, 0.1) is 5.92 Å². The normalized spacial score (nSPS) is 33.1. The number of anilines is 1. The Kier molecular flexibility index (Phi) is 9.41. The molecule has 3 rings (SSSR count). The van der Waals surface area contributed by atoms with Crippen molar-refractivity contribution in [2.24, 2.45) is 5.92 Å². The predicted octanol–water partition coefficient (Wildman–Crippen LogP) is 3.88. The number of rotatable bonds is 2. The third-order valence-electron chi connectivity index (χ3n) is 6.57. The number of ether oxygens (including phenoxy) is 3. The second-order valence-corrected chi connectivity index (χ2v) is 10.0. The molecule has 4 N–H and O–H groups in total. The summed E-state index contributed by atoms with van der Waals surface area (Å²) in [6, 6.07) is 3.56. The molecule has 1 fully saturated rings. The molecule has 37 heavy (non-hydrogen) atoms. The Balaban J connectivity index is 2.04. The average molecular weight is 535 g/mol. The highest BCUT2D eigenvalue weighted by Crippen LogP contribution is 2.35. The predicted molar refractivity (Wildman–Crippen MR) is 141 cm³/mol. The van der Waals surface area contributed by atoms with Crippen LogP contribution in [0.4, 0.5) is 10.5 Å². The summed E-state index contributed by atoms with van der Waals surface area (Å²) in [7, 11) is 2.95. The van der Waals surface area contributed by atoms with Gasteiger partial charge in [-0.15, -0.1) is 0 Å². The zero-order valence-corrected chi connectivity index (χ0v) is 22.5. The fraction of sp³-hybridized carbons (Fsp3) is 0.481. The Hall–Kier alpha value is -2.85. The van der Waals surface area contributed by atoms with Gasteiger partial charge in [0.25, 0.3) is 0 Å². The molecule has 1 saturated heterocycles. The maximum Gasteiger partial charge on any atom is 0.409 e. The fourth-order valence-electron chi connectivity index (χ4n) is 4.53. The Bertz CT molecular complexity index is 1120. The van der Waals surface area contributed by atoms with E-state index < -0.39 is 36.0 Å². The van der Waals surface area contributed by atoms with E-state index in [4.69, 9.17) is 25.8 Å². The van der Waals surface area contributed by atoms with Crippen LogP contribution in [-0.4, -0.2) is 60.5 Å². The number of amides is 2. The Morgan fingerprint density at radius 3 is 2.62 bits per heavy atom. The number of benzene rings is 1. The fourth-order valence-corrected chi connectivity index (χ4v) is 4.76. The Morgan fingerprint density at radius 1 is 1.22 bits per heavy atom. The summed E-state index contributed by atoms with van der Waals surface area (Å²) in [5.74, 6) is -0.372. The zero-order valence-electron chi connectivity index (χ0n) is 21.7. The number of nitrogens with one attached hydrogen (secondary N) is 2. The minimum absolute atomic E-state index is 0.0515. The van der Waals surface area contributed by atoms with Crippen molar-refractivity contribution in [1.29, 1.82) is 0 Å². The summed E-state index contributed by atoms with van der Waals surface area (Å²) >= 11 is 6.44. The van der Waals surface area contributed by atoms with Gasteiger partial charge in [0, 0.05) is 19.4 Å². The lowest BCUT2D eigenvalue weighted by molar-refractivity contribution is -0.138. The van der Waals surface area contributed by atoms with Gasteiger partial charge in [-0.05, 0) is 43.5 Å². The first-order chi connectivity index (χ1) is 17.4. The van der Waals surface area contributed by atoms with Crippen LogP contribution >= 0.6 is 11.6 Å². The molecular weight excluding hydrogens is 500 g/mol. The lowest BCUT2D eigenvalue weighted by Crippen LogP contribution is -2.63. The summed E-state index contributed by atoms with van der Waals surface area (Å²) in [5, 5.41) is 27.5. The van der Waals surface area contributed by atoms with E-state index in [9.17, 15) is 19.8 Å². The van der Waals surface area contributed by atoms with E-state index in [0.29, 0.717) is 23.4 Å². The molecular formula is C27H35ClN2O7. The van der Waals surface area contributed by atoms with Gasteiger partial charge in [0.05, 0.1) is 25.3 Å². The van der Waals surface area contributed by atoms with Crippen molar-refractivity contribution in [1.82, 2.24) is 5.32 Å². The topological polar surface area (TPSA) is 126 Å². The highest BCUT2D eigenvalue weighted by Gasteiger charge is 2.46. The third-order valence-corrected chi connectivity index (χ3v) is 6.96. The van der Waals surface area contributed by atoms with Crippen LogP contribution < -0.4 is 15.4 Å². The summed E-state index contributed by atoms with van der Waals surface area (Å²) in [6.07, 6.45) is 4.02. The van der Waals surface area contributed by atoms with E-state index in [1.165, 1.54) is 14.2 Å². The largest absolute Gasteiger partial charge is 0.495 e. The first-order valence-electron chi connectivity index (χ1n) is 12.1. The Labute approximate surface area is 222 Å². The third kappa shape index (κ3) is 7.13. The number of allylic oxidation sites excluding steroid dienone is 3. The highest BCUT2D eigenvalue weighted by molar-refractivity contribution is 6.35. The monoisotopic (exact) mass is 534 g/mol. The van der Waals surface area contributed by atoms with Gasteiger partial charge in [-0.25, -0.2) is 4.79 Å². The van der Waals surface area contributed by atoms with E-state index in [2.05, 4.69) is 10.6 Å². The van der Waals surface area contributed by atoms with Crippen LogP contribution in [0.5, 0.6) is 5.75 Å². The molecule has 1 aromatic carbocycles. The summed E-state index contributed by atoms with van der Waals surface area (Å²) < 4.78 is 16.3. The molecule has 2 aliphatic rings. The zero-order chi connectivity index (χ0) is 27.3. The van der Waals surface area contributed by atoms with Crippen LogP contribution in [0.25, 0.3) is 0 Å². The van der Waals surface area contributed by atoms with Gasteiger partial charge in [0.15, 0.2) is 5.72 Å². The highest BCUT2D eigenvalue weighted by atomic mass is 35.5. The summed E-state index contributed by atoms with van der Waals surface area (Å²) in [5.41, 5.74) is 1.03. The number of hydrogen-bond donors (Lipinski definition) is 4. The van der Waals surface area contributed by atoms with Gasteiger partial charge in [0.1, 0.15) is 23.0 Å². The minimum Gasteiger partial charge on any atom is -0.495 e. The van der Waals surface area contributed by atoms with Crippen molar-refractivity contribution < 1.29 is 34.0 Å². The lowest BCUT2D eigenvalue weighted by atomic mass is 9.89. The van der Waals surface area contributed by atoms with Crippen LogP contribution in [0.2, 0.25) is 5.02 Å². The Morgan fingerprint density at radius 2 is 1.95 bits per heavy atom. The van der Waals surface area contributed by atoms with Gasteiger partial charge >= 0.3 is 6.09 Å². The molecule has 1 aromatic rings. The van der Waals surface area contributed by atoms with E-state index >= 15 is 0 Å². The molecule has 0 radical (unpaired) electrons. The van der Waals surface area contributed by atoms with Crippen molar-refractivity contribution in [3.63, 3.8) is 0 Å². The molecule has 0 aliphatic carbocycles. The minimum atomic E-state index is -1.71. The van der Waals surface area contributed by atoms with Crippen LogP contribution in [0.3, 0.4) is 0 Å². The molecule has 4 bridgehead atoms. The van der Waals surface area contributed by atoms with Crippen molar-refractivity contribution in [2.45, 2.75) is 64.1 Å². The second kappa shape index (κ2) is 12.1. The van der Waals surface area contributed by atoms with Crippen LogP contribution in [-0.2, 0) is 20.7 Å². The molecule has 5 atom stereocenters. The molecule has 0 unspecified atom stereocenters. The van der Waals surface area contributed by atoms with Crippen molar-refractivity contribution >= 4 is 29.3 Å². The van der Waals surface area contributed by atoms with Crippen molar-refractivity contribution in [3.05, 3.63) is 58.2 Å². The second-order valence-electron chi connectivity index (χ2n) is 9.63. The number of carbonyl (C=O) groups is 2. The SMILES string of the molecule is COc1cc2cc(c1Cl)NC(=O)C[C@H](O)/C(C)=C/[C@H](C)[C@@H]1C[C@@](O)(NC(=O)O1)[C@H](OC)/C=C/C=C(\C)C2. The molecule has 202 valence electrons. The van der Waals surface area contributed by atoms with Crippen LogP contribution in [0.15, 0.2) is 47.6 Å². The molecule has 0 spiro atoms. The first kappa shape index (κ1) is 28.7. The van der Waals surface area contributed by atoms with Crippen molar-refractivity contribution in [3.8, 4) is 5.75 Å². The van der Waals surface area contributed by atoms with E-state index in [0.717, 1.165) is 11.1 Å². The molecule has 2 aliphatic heterocycles. The van der Waals surface area contributed by atoms with Gasteiger partial charge in [-0.1, -0.05) is 48.4 Å². The van der Waals surface area contributed by atoms with E-state index in [-0.39, 0.29) is 23.8 Å². The van der Waals surface area contributed by atoms with Crippen LogP contribution in [0.1, 0.15) is 39.2 Å². The number of halogens is 1. The number of aliphatic hydroxyl groups excluding tert-OH is 1. The molecule has 9 nitrogen and oxygen atoms in total. The van der Waals surface area contributed by atoms with Gasteiger partial charge < -0.3 is 29.7 Å². The number of methoxy groups -OCH3 is 2. The van der Waals surface area contributed by atoms with Gasteiger partial charge in [-0.2, -0.15) is 0 Å². The number of carbonyl (C=O) groups excluding carboxylic acids is 2. The van der Waals surface area contributed by atoms with Gasteiger partial charge in [0.2, 0.25) is 5.91 Å². The van der Waals surface area contributed by atoms with E-state index in [1.54, 1.807) is 37.3 Å². The summed E-state index contributed by atoms with van der Waals surface area (Å²) in [4.78, 5) is 25.1. The number of aliphatic hydroxyl groups is 2. The molecule has 10 heteroatoms. The maximum atomic E-state index is 12.8. The van der Waals surface area contributed by atoms with Gasteiger partial charge in [-0.3, -0.25) is 10.1 Å². The number of alkyl carbamates (subject to hydrolysis) is 1. The summed E-state index contributed by atoms with van der Waals surface area (Å²) in [6.45, 7) is 5.43.